The molecular weight excluding hydrogens is 394 g/mol. The van der Waals surface area contributed by atoms with E-state index in [1.807, 2.05) is 0 Å². The molecule has 28 heavy (non-hydrogen) atoms. The van der Waals surface area contributed by atoms with E-state index < -0.39 is 38.3 Å². The number of hydrogen-bond acceptors (Lipinski definition) is 8. The molecule has 1 saturated heterocycles. The zero-order chi connectivity index (χ0) is 20.5. The molecule has 0 aromatic carbocycles. The van der Waals surface area contributed by atoms with Crippen LogP contribution in [0, 0.1) is 18.4 Å². The van der Waals surface area contributed by atoms with Gasteiger partial charge in [0.05, 0.1) is 19.0 Å². The van der Waals surface area contributed by atoms with Crippen LogP contribution in [0.15, 0.2) is 6.33 Å². The molecule has 3 heterocycles. The number of carbonyl (C=O) groups is 1. The number of halogens is 1. The minimum absolute atomic E-state index is 0.109. The first-order valence-electron chi connectivity index (χ1n) is 8.20. The number of nitrogens with two attached hydrogens (primary N) is 1. The monoisotopic (exact) mass is 412 g/mol. The number of nitrogen functional groups attached to an aromatic ring is 1. The van der Waals surface area contributed by atoms with Crippen molar-refractivity contribution in [3.05, 3.63) is 12.4 Å². The fourth-order valence-electron chi connectivity index (χ4n) is 2.82. The lowest BCUT2D eigenvalue weighted by atomic mass is 10.0. The van der Waals surface area contributed by atoms with Crippen LogP contribution < -0.4 is 10.8 Å². The molecule has 4 unspecified atom stereocenters. The van der Waals surface area contributed by atoms with Gasteiger partial charge in [-0.25, -0.2) is 14.6 Å². The first kappa shape index (κ1) is 20.3. The molecule has 0 aliphatic carbocycles. The number of carbonyl (C=O) groups excluding carboxylic acids is 1. The van der Waals surface area contributed by atoms with Crippen LogP contribution in [-0.2, 0) is 18.6 Å². The maximum Gasteiger partial charge on any atom is 0.403 e. The molecule has 1 aliphatic heterocycles. The van der Waals surface area contributed by atoms with E-state index in [0.29, 0.717) is 19.1 Å². The minimum Gasteiger partial charge on any atom is -0.382 e. The fourth-order valence-corrected chi connectivity index (χ4v) is 3.86. The molecule has 0 spiro atoms. The maximum atomic E-state index is 13.5. The van der Waals surface area contributed by atoms with Crippen LogP contribution in [0.1, 0.15) is 26.0 Å². The molecule has 0 amide bonds. The highest BCUT2D eigenvalue weighted by Gasteiger charge is 2.42. The van der Waals surface area contributed by atoms with E-state index in [0.717, 1.165) is 0 Å². The number of nitrogens with zero attached hydrogens (tertiary/aromatic N) is 4. The number of anilines is 1. The molecule has 0 radical (unpaired) electrons. The normalized spacial score (nSPS) is 25.3. The van der Waals surface area contributed by atoms with Crippen LogP contribution in [0.25, 0.3) is 11.2 Å². The summed E-state index contributed by atoms with van der Waals surface area (Å²) < 4.78 is 37.9. The smallest absolute Gasteiger partial charge is 0.382 e. The lowest BCUT2D eigenvalue weighted by molar-refractivity contribution is -0.109. The molecule has 0 saturated carbocycles. The Morgan fingerprint density at radius 2 is 2.46 bits per heavy atom. The van der Waals surface area contributed by atoms with Crippen molar-refractivity contribution >= 4 is 31.0 Å². The summed E-state index contributed by atoms with van der Waals surface area (Å²) >= 11 is 0. The predicted molar refractivity (Wildman–Crippen MR) is 95.1 cm³/mol. The number of aromatic nitrogens is 4. The molecule has 11 nitrogen and oxygen atoms in total. The van der Waals surface area contributed by atoms with Crippen molar-refractivity contribution in [2.45, 2.75) is 37.6 Å². The van der Waals surface area contributed by atoms with Gasteiger partial charge in [-0.2, -0.15) is 14.4 Å². The average Bonchev–Trinajstić information content (AvgIpc) is 3.24. The van der Waals surface area contributed by atoms with Crippen molar-refractivity contribution in [3.8, 4) is 12.3 Å². The molecule has 13 heteroatoms. The molecule has 1 fully saturated rings. The van der Waals surface area contributed by atoms with Crippen LogP contribution in [0.3, 0.4) is 0 Å². The van der Waals surface area contributed by atoms with Gasteiger partial charge in [-0.15, -0.1) is 6.42 Å². The van der Waals surface area contributed by atoms with Crippen molar-refractivity contribution in [2.24, 2.45) is 0 Å². The molecule has 4 N–H and O–H groups in total. The molecule has 4 atom stereocenters. The Bertz CT molecular complexity index is 993. The standard InChI is InChI=1S/C15H18FN6O5P/c1-3-15(7-26-28(24,25)21-9(2)6-23)5-4-10(27-15)22-8-18-11-12(17)19-14(16)20-13(11)22/h1,6,8-10H,4-5,7H2,2H3,(H2,17,19,20)(H2,21,24,25). The Morgan fingerprint density at radius 1 is 1.71 bits per heavy atom. The van der Waals surface area contributed by atoms with E-state index in [4.69, 9.17) is 21.4 Å². The number of terminal acetylenes is 1. The molecule has 2 aromatic heterocycles. The number of aldehydes is 1. The summed E-state index contributed by atoms with van der Waals surface area (Å²) in [5.74, 6) is 2.33. The predicted octanol–water partition coefficient (Wildman–Crippen LogP) is 0.523. The van der Waals surface area contributed by atoms with E-state index in [1.54, 1.807) is 0 Å². The van der Waals surface area contributed by atoms with Crippen LogP contribution >= 0.6 is 7.75 Å². The summed E-state index contributed by atoms with van der Waals surface area (Å²) in [4.78, 5) is 31.6. The Kier molecular flexibility index (Phi) is 5.47. The first-order valence-corrected chi connectivity index (χ1v) is 9.78. The van der Waals surface area contributed by atoms with Crippen LogP contribution in [0.2, 0.25) is 0 Å². The van der Waals surface area contributed by atoms with Gasteiger partial charge in [0.25, 0.3) is 0 Å². The Hall–Kier alpha value is -2.42. The highest BCUT2D eigenvalue weighted by molar-refractivity contribution is 7.50. The van der Waals surface area contributed by atoms with E-state index in [9.17, 15) is 18.6 Å². The number of rotatable bonds is 7. The van der Waals surface area contributed by atoms with Gasteiger partial charge in [-0.3, -0.25) is 9.09 Å². The SMILES string of the molecule is C#CC1(COP(=O)(O)NC(C)C=O)CCC(n2cnc3c(N)nc(F)nc32)O1. The zero-order valence-electron chi connectivity index (χ0n) is 14.8. The van der Waals surface area contributed by atoms with Gasteiger partial charge in [0.15, 0.2) is 22.6 Å². The lowest BCUT2D eigenvalue weighted by Crippen LogP contribution is -2.34. The summed E-state index contributed by atoms with van der Waals surface area (Å²) in [6, 6.07) is -0.882. The van der Waals surface area contributed by atoms with E-state index >= 15 is 0 Å². The highest BCUT2D eigenvalue weighted by Crippen LogP contribution is 2.43. The molecule has 0 bridgehead atoms. The second-order valence-electron chi connectivity index (χ2n) is 6.30. The quantitative estimate of drug-likeness (QED) is 0.254. The Morgan fingerprint density at radius 3 is 3.14 bits per heavy atom. The maximum absolute atomic E-state index is 13.5. The fraction of sp³-hybridized carbons (Fsp3) is 0.467. The third-order valence-corrected chi connectivity index (χ3v) is 5.41. The summed E-state index contributed by atoms with van der Waals surface area (Å²) in [5.41, 5.74) is 4.69. The molecule has 1 aliphatic rings. The Labute approximate surface area is 159 Å². The van der Waals surface area contributed by atoms with Crippen molar-refractivity contribution in [1.29, 1.82) is 0 Å². The van der Waals surface area contributed by atoms with Crippen LogP contribution in [0.5, 0.6) is 0 Å². The summed E-state index contributed by atoms with van der Waals surface area (Å²) in [6.07, 6.45) is 6.41. The second kappa shape index (κ2) is 7.54. The zero-order valence-corrected chi connectivity index (χ0v) is 15.7. The first-order chi connectivity index (χ1) is 13.2. The third kappa shape index (κ3) is 4.04. The number of imidazole rings is 1. The number of nitrogens with one attached hydrogen (secondary N) is 1. The van der Waals surface area contributed by atoms with Gasteiger partial charge >= 0.3 is 13.8 Å². The van der Waals surface area contributed by atoms with E-state index in [2.05, 4.69) is 26.0 Å². The lowest BCUT2D eigenvalue weighted by Gasteiger charge is -2.25. The van der Waals surface area contributed by atoms with Gasteiger partial charge < -0.3 is 20.2 Å². The minimum atomic E-state index is -4.27. The van der Waals surface area contributed by atoms with Crippen molar-refractivity contribution in [1.82, 2.24) is 24.6 Å². The van der Waals surface area contributed by atoms with E-state index in [-0.39, 0.29) is 17.0 Å². The molecule has 3 rings (SSSR count). The second-order valence-corrected chi connectivity index (χ2v) is 7.86. The van der Waals surface area contributed by atoms with E-state index in [1.165, 1.54) is 17.8 Å². The topological polar surface area (TPSA) is 154 Å². The van der Waals surface area contributed by atoms with Crippen molar-refractivity contribution in [2.75, 3.05) is 12.3 Å². The van der Waals surface area contributed by atoms with Crippen LogP contribution in [0.4, 0.5) is 10.2 Å². The highest BCUT2D eigenvalue weighted by atomic mass is 31.2. The van der Waals surface area contributed by atoms with Gasteiger partial charge in [-0.05, 0) is 19.8 Å². The number of hydrogen-bond donors (Lipinski definition) is 3. The number of ether oxygens (including phenoxy) is 1. The summed E-state index contributed by atoms with van der Waals surface area (Å²) in [6.45, 7) is 1.000. The summed E-state index contributed by atoms with van der Waals surface area (Å²) in [7, 11) is -4.27. The van der Waals surface area contributed by atoms with Gasteiger partial charge in [0, 0.05) is 0 Å². The van der Waals surface area contributed by atoms with Crippen molar-refractivity contribution in [3.63, 3.8) is 0 Å². The molecular formula is C15H18FN6O5P. The van der Waals surface area contributed by atoms with Gasteiger partial charge in [0.2, 0.25) is 0 Å². The van der Waals surface area contributed by atoms with Crippen LogP contribution in [-0.4, -0.2) is 48.9 Å². The largest absolute Gasteiger partial charge is 0.403 e. The molecule has 2 aromatic rings. The van der Waals surface area contributed by atoms with Crippen molar-refractivity contribution < 1.29 is 27.9 Å². The Balaban J connectivity index is 1.77. The third-order valence-electron chi connectivity index (χ3n) is 4.19. The molecule has 150 valence electrons. The average molecular weight is 412 g/mol. The van der Waals surface area contributed by atoms with Gasteiger partial charge in [0.1, 0.15) is 12.5 Å². The van der Waals surface area contributed by atoms with Gasteiger partial charge in [-0.1, -0.05) is 5.92 Å². The summed E-state index contributed by atoms with van der Waals surface area (Å²) in [5, 5.41) is 2.16. The number of fused-ring (bicyclic) bond motifs is 1.